The molecule has 8 heteroatoms. The minimum atomic E-state index is -0.476. The molecule has 1 atom stereocenters. The van der Waals surface area contributed by atoms with Gasteiger partial charge >= 0.3 is 0 Å². The van der Waals surface area contributed by atoms with Crippen molar-refractivity contribution in [3.63, 3.8) is 0 Å². The highest BCUT2D eigenvalue weighted by Crippen LogP contribution is 2.25. The second-order valence-electron chi connectivity index (χ2n) is 4.70. The molecule has 1 unspecified atom stereocenters. The van der Waals surface area contributed by atoms with Crippen molar-refractivity contribution in [3.05, 3.63) is 28.3 Å². The number of aromatic nitrogens is 2. The van der Waals surface area contributed by atoms with Gasteiger partial charge in [0.05, 0.1) is 21.9 Å². The summed E-state index contributed by atoms with van der Waals surface area (Å²) in [5, 5.41) is 23.9. The van der Waals surface area contributed by atoms with Crippen LogP contribution in [0, 0.1) is 10.1 Å². The lowest BCUT2D eigenvalue weighted by Crippen LogP contribution is -2.35. The molecule has 8 nitrogen and oxygen atoms in total. The number of carbonyl (C=O) groups is 1. The van der Waals surface area contributed by atoms with Gasteiger partial charge in [-0.1, -0.05) is 0 Å². The van der Waals surface area contributed by atoms with Crippen molar-refractivity contribution in [2.75, 3.05) is 11.9 Å². The van der Waals surface area contributed by atoms with Crippen LogP contribution in [0.15, 0.2) is 18.2 Å². The summed E-state index contributed by atoms with van der Waals surface area (Å²) in [7, 11) is 0. The van der Waals surface area contributed by atoms with E-state index in [9.17, 15) is 14.9 Å². The second-order valence-corrected chi connectivity index (χ2v) is 4.70. The number of anilines is 1. The van der Waals surface area contributed by atoms with Gasteiger partial charge in [-0.2, -0.15) is 5.10 Å². The zero-order chi connectivity index (χ0) is 14.1. The average Bonchev–Trinajstić information content (AvgIpc) is 3.08. The van der Waals surface area contributed by atoms with Crippen LogP contribution in [0.5, 0.6) is 0 Å². The maximum absolute atomic E-state index is 12.0. The number of amides is 1. The van der Waals surface area contributed by atoms with Crippen LogP contribution < -0.4 is 10.6 Å². The number of aromatic amines is 1. The van der Waals surface area contributed by atoms with Gasteiger partial charge in [0.25, 0.3) is 5.69 Å². The molecule has 1 aromatic carbocycles. The van der Waals surface area contributed by atoms with Crippen LogP contribution in [0.3, 0.4) is 0 Å². The maximum atomic E-state index is 12.0. The normalized spacial score (nSPS) is 18.3. The highest BCUT2D eigenvalue weighted by molar-refractivity contribution is 6.02. The van der Waals surface area contributed by atoms with Gasteiger partial charge in [0.1, 0.15) is 0 Å². The number of rotatable bonds is 3. The summed E-state index contributed by atoms with van der Waals surface area (Å²) in [6.45, 7) is 0.824. The second kappa shape index (κ2) is 4.89. The molecular formula is C12H13N5O3. The summed E-state index contributed by atoms with van der Waals surface area (Å²) in [6.07, 6.45) is 1.75. The zero-order valence-electron chi connectivity index (χ0n) is 10.5. The van der Waals surface area contributed by atoms with E-state index >= 15 is 0 Å². The third kappa shape index (κ3) is 2.21. The van der Waals surface area contributed by atoms with E-state index in [-0.39, 0.29) is 17.6 Å². The Bertz CT molecular complexity index is 675. The topological polar surface area (TPSA) is 113 Å². The summed E-state index contributed by atoms with van der Waals surface area (Å²) >= 11 is 0. The van der Waals surface area contributed by atoms with Crippen molar-refractivity contribution >= 4 is 28.3 Å². The van der Waals surface area contributed by atoms with Gasteiger partial charge in [0.2, 0.25) is 5.91 Å². The molecule has 0 aliphatic carbocycles. The van der Waals surface area contributed by atoms with E-state index in [2.05, 4.69) is 20.8 Å². The Balaban J connectivity index is 1.89. The molecule has 3 N–H and O–H groups in total. The number of nitrogens with one attached hydrogen (secondary N) is 3. The predicted octanol–water partition coefficient (Wildman–Crippen LogP) is 1.16. The minimum absolute atomic E-state index is 0.0339. The Morgan fingerprint density at radius 3 is 3.05 bits per heavy atom. The quantitative estimate of drug-likeness (QED) is 0.574. The molecule has 0 spiro atoms. The van der Waals surface area contributed by atoms with Crippen molar-refractivity contribution in [2.24, 2.45) is 0 Å². The number of H-pyrrole nitrogens is 1. The molecule has 2 heterocycles. The SMILES string of the molecule is O=C(Nc1n[nH]c2ccc([N+](=O)[O-])cc12)C1CCCN1. The van der Waals surface area contributed by atoms with Crippen LogP contribution in [0.1, 0.15) is 12.8 Å². The highest BCUT2D eigenvalue weighted by atomic mass is 16.6. The fourth-order valence-electron chi connectivity index (χ4n) is 2.32. The first kappa shape index (κ1) is 12.5. The van der Waals surface area contributed by atoms with E-state index in [4.69, 9.17) is 0 Å². The third-order valence-electron chi connectivity index (χ3n) is 3.38. The first-order valence-corrected chi connectivity index (χ1v) is 6.32. The first-order valence-electron chi connectivity index (χ1n) is 6.32. The fourth-order valence-corrected chi connectivity index (χ4v) is 2.32. The van der Waals surface area contributed by atoms with E-state index in [1.165, 1.54) is 12.1 Å². The molecule has 0 bridgehead atoms. The predicted molar refractivity (Wildman–Crippen MR) is 72.4 cm³/mol. The molecular weight excluding hydrogens is 262 g/mol. The highest BCUT2D eigenvalue weighted by Gasteiger charge is 2.23. The molecule has 1 aliphatic heterocycles. The van der Waals surface area contributed by atoms with Gasteiger partial charge in [0, 0.05) is 12.1 Å². The van der Waals surface area contributed by atoms with E-state index in [1.807, 2.05) is 0 Å². The van der Waals surface area contributed by atoms with Crippen molar-refractivity contribution in [2.45, 2.75) is 18.9 Å². The molecule has 1 amide bonds. The zero-order valence-corrected chi connectivity index (χ0v) is 10.5. The number of fused-ring (bicyclic) bond motifs is 1. The van der Waals surface area contributed by atoms with Crippen molar-refractivity contribution in [1.29, 1.82) is 0 Å². The number of benzene rings is 1. The van der Waals surface area contributed by atoms with Crippen molar-refractivity contribution < 1.29 is 9.72 Å². The monoisotopic (exact) mass is 275 g/mol. The molecule has 0 radical (unpaired) electrons. The third-order valence-corrected chi connectivity index (χ3v) is 3.38. The standard InChI is InChI=1S/C12H13N5O3/c18-12(10-2-1-5-13-10)14-11-8-6-7(17(19)20)3-4-9(8)15-16-11/h3-4,6,10,13H,1-2,5H2,(H2,14,15,16,18). The van der Waals surface area contributed by atoms with Gasteiger partial charge in [-0.25, -0.2) is 0 Å². The smallest absolute Gasteiger partial charge is 0.270 e. The molecule has 1 saturated heterocycles. The summed E-state index contributed by atoms with van der Waals surface area (Å²) in [5.74, 6) is 0.157. The molecule has 0 saturated carbocycles. The Kier molecular flexibility index (Phi) is 3.07. The van der Waals surface area contributed by atoms with Crippen LogP contribution in [0.2, 0.25) is 0 Å². The van der Waals surface area contributed by atoms with E-state index in [1.54, 1.807) is 6.07 Å². The number of nitrogens with zero attached hydrogens (tertiary/aromatic N) is 2. The molecule has 104 valence electrons. The van der Waals surface area contributed by atoms with E-state index in [0.717, 1.165) is 19.4 Å². The van der Waals surface area contributed by atoms with Crippen LogP contribution in [0.25, 0.3) is 10.9 Å². The lowest BCUT2D eigenvalue weighted by Gasteiger charge is -2.09. The number of nitro groups is 1. The van der Waals surface area contributed by atoms with Crippen LogP contribution >= 0.6 is 0 Å². The Labute approximate surface area is 113 Å². The number of non-ortho nitro benzene ring substituents is 1. The van der Waals surface area contributed by atoms with Gasteiger partial charge in [0.15, 0.2) is 5.82 Å². The van der Waals surface area contributed by atoms with E-state index in [0.29, 0.717) is 16.7 Å². The molecule has 1 aromatic heterocycles. The number of hydrogen-bond donors (Lipinski definition) is 3. The van der Waals surface area contributed by atoms with Crippen LogP contribution in [0.4, 0.5) is 11.5 Å². The summed E-state index contributed by atoms with van der Waals surface area (Å²) in [6, 6.07) is 4.14. The first-order chi connectivity index (χ1) is 9.65. The van der Waals surface area contributed by atoms with Gasteiger partial charge < -0.3 is 10.6 Å². The van der Waals surface area contributed by atoms with Gasteiger partial charge in [-0.3, -0.25) is 20.0 Å². The number of hydrogen-bond acceptors (Lipinski definition) is 5. The Hall–Kier alpha value is -2.48. The lowest BCUT2D eigenvalue weighted by atomic mass is 10.2. The van der Waals surface area contributed by atoms with E-state index < -0.39 is 4.92 Å². The number of carbonyl (C=O) groups excluding carboxylic acids is 1. The van der Waals surface area contributed by atoms with Crippen molar-refractivity contribution in [1.82, 2.24) is 15.5 Å². The Morgan fingerprint density at radius 1 is 1.50 bits per heavy atom. The average molecular weight is 275 g/mol. The summed E-state index contributed by atoms with van der Waals surface area (Å²) < 4.78 is 0. The summed E-state index contributed by atoms with van der Waals surface area (Å²) in [5.41, 5.74) is 0.610. The minimum Gasteiger partial charge on any atom is -0.307 e. The molecule has 20 heavy (non-hydrogen) atoms. The summed E-state index contributed by atoms with van der Waals surface area (Å²) in [4.78, 5) is 22.3. The Morgan fingerprint density at radius 2 is 2.35 bits per heavy atom. The van der Waals surface area contributed by atoms with Crippen LogP contribution in [-0.4, -0.2) is 33.6 Å². The lowest BCUT2D eigenvalue weighted by molar-refractivity contribution is -0.384. The van der Waals surface area contributed by atoms with Crippen molar-refractivity contribution in [3.8, 4) is 0 Å². The largest absolute Gasteiger partial charge is 0.307 e. The van der Waals surface area contributed by atoms with Crippen LogP contribution in [-0.2, 0) is 4.79 Å². The maximum Gasteiger partial charge on any atom is 0.270 e. The fraction of sp³-hybridized carbons (Fsp3) is 0.333. The molecule has 2 aromatic rings. The van der Waals surface area contributed by atoms with Gasteiger partial charge in [-0.05, 0) is 25.5 Å². The molecule has 1 fully saturated rings. The number of nitro benzene ring substituents is 1. The molecule has 1 aliphatic rings. The van der Waals surface area contributed by atoms with Gasteiger partial charge in [-0.15, -0.1) is 0 Å². The molecule has 3 rings (SSSR count).